The van der Waals surface area contributed by atoms with Crippen molar-refractivity contribution in [2.75, 3.05) is 19.4 Å². The first kappa shape index (κ1) is 15.3. The van der Waals surface area contributed by atoms with Crippen molar-refractivity contribution >= 4 is 23.2 Å². The maximum atomic E-state index is 12.0. The van der Waals surface area contributed by atoms with Crippen LogP contribution in [0, 0.1) is 0 Å². The molecule has 0 fully saturated rings. The van der Waals surface area contributed by atoms with Crippen molar-refractivity contribution in [3.63, 3.8) is 0 Å². The number of nitrogens with zero attached hydrogens (tertiary/aromatic N) is 2. The summed E-state index contributed by atoms with van der Waals surface area (Å²) in [6.45, 7) is 2.02. The van der Waals surface area contributed by atoms with Gasteiger partial charge in [0.2, 0.25) is 0 Å². The lowest BCUT2D eigenvalue weighted by atomic mass is 10.1. The van der Waals surface area contributed by atoms with Crippen LogP contribution < -0.4 is 5.32 Å². The summed E-state index contributed by atoms with van der Waals surface area (Å²) in [5.41, 5.74) is 2.39. The molecule has 1 aromatic carbocycles. The van der Waals surface area contributed by atoms with E-state index in [1.165, 1.54) is 4.90 Å². The lowest BCUT2D eigenvalue weighted by molar-refractivity contribution is 0.0827. The van der Waals surface area contributed by atoms with Gasteiger partial charge in [-0.15, -0.1) is 0 Å². The molecule has 21 heavy (non-hydrogen) atoms. The van der Waals surface area contributed by atoms with Gasteiger partial charge in [-0.2, -0.15) is 0 Å². The van der Waals surface area contributed by atoms with E-state index in [-0.39, 0.29) is 11.9 Å². The molecule has 0 radical (unpaired) electrons. The van der Waals surface area contributed by atoms with Crippen LogP contribution in [0.4, 0.5) is 5.69 Å². The fourth-order valence-electron chi connectivity index (χ4n) is 1.98. The maximum Gasteiger partial charge on any atom is 0.253 e. The maximum absolute atomic E-state index is 12.0. The van der Waals surface area contributed by atoms with E-state index in [1.807, 2.05) is 19.1 Å². The number of carbonyl (C=O) groups is 1. The van der Waals surface area contributed by atoms with Crippen molar-refractivity contribution in [3.05, 3.63) is 58.9 Å². The molecule has 0 bridgehead atoms. The summed E-state index contributed by atoms with van der Waals surface area (Å²) >= 11 is 6.21. The van der Waals surface area contributed by atoms with Crippen molar-refractivity contribution < 1.29 is 4.79 Å². The number of aromatic nitrogens is 1. The van der Waals surface area contributed by atoms with Crippen LogP contribution in [0.2, 0.25) is 5.02 Å². The molecular formula is C16H18ClN3O. The predicted molar refractivity (Wildman–Crippen MR) is 85.7 cm³/mol. The number of rotatable bonds is 4. The molecular weight excluding hydrogens is 286 g/mol. The van der Waals surface area contributed by atoms with Gasteiger partial charge in [0.15, 0.2) is 0 Å². The van der Waals surface area contributed by atoms with Crippen molar-refractivity contribution in [1.29, 1.82) is 0 Å². The molecule has 0 aliphatic carbocycles. The second-order valence-corrected chi connectivity index (χ2v) is 5.45. The van der Waals surface area contributed by atoms with Crippen LogP contribution in [-0.4, -0.2) is 29.9 Å². The van der Waals surface area contributed by atoms with Crippen LogP contribution in [-0.2, 0) is 0 Å². The van der Waals surface area contributed by atoms with Gasteiger partial charge in [-0.1, -0.05) is 17.7 Å². The Morgan fingerprint density at radius 1 is 1.33 bits per heavy atom. The largest absolute Gasteiger partial charge is 0.377 e. The van der Waals surface area contributed by atoms with Gasteiger partial charge in [0.1, 0.15) is 0 Å². The number of halogens is 1. The Bertz CT molecular complexity index is 629. The molecule has 1 atom stereocenters. The van der Waals surface area contributed by atoms with Gasteiger partial charge in [-0.05, 0) is 36.8 Å². The van der Waals surface area contributed by atoms with Gasteiger partial charge in [0.25, 0.3) is 5.91 Å². The number of hydrogen-bond acceptors (Lipinski definition) is 3. The molecule has 0 spiro atoms. The van der Waals surface area contributed by atoms with Crippen molar-refractivity contribution in [2.45, 2.75) is 13.0 Å². The summed E-state index contributed by atoms with van der Waals surface area (Å²) in [5.74, 6) is -0.0521. The third-order valence-corrected chi connectivity index (χ3v) is 3.51. The lowest BCUT2D eigenvalue weighted by Crippen LogP contribution is -2.21. The Morgan fingerprint density at radius 2 is 2.10 bits per heavy atom. The van der Waals surface area contributed by atoms with Gasteiger partial charge < -0.3 is 10.2 Å². The number of hydrogen-bond donors (Lipinski definition) is 1. The first-order valence-corrected chi connectivity index (χ1v) is 7.04. The van der Waals surface area contributed by atoms with E-state index in [4.69, 9.17) is 11.6 Å². The minimum Gasteiger partial charge on any atom is -0.377 e. The fraction of sp³-hybridized carbons (Fsp3) is 0.250. The Kier molecular flexibility index (Phi) is 4.81. The van der Waals surface area contributed by atoms with Gasteiger partial charge >= 0.3 is 0 Å². The summed E-state index contributed by atoms with van der Waals surface area (Å²) in [6.07, 6.45) is 3.54. The molecule has 2 aromatic rings. The molecule has 1 N–H and O–H groups in total. The molecule has 1 unspecified atom stereocenters. The van der Waals surface area contributed by atoms with Crippen LogP contribution in [0.3, 0.4) is 0 Å². The van der Waals surface area contributed by atoms with E-state index in [9.17, 15) is 4.79 Å². The van der Waals surface area contributed by atoms with Crippen molar-refractivity contribution in [2.24, 2.45) is 0 Å². The second kappa shape index (κ2) is 6.59. The molecule has 1 heterocycles. The van der Waals surface area contributed by atoms with Crippen molar-refractivity contribution in [1.82, 2.24) is 9.88 Å². The number of anilines is 1. The quantitative estimate of drug-likeness (QED) is 0.938. The van der Waals surface area contributed by atoms with Gasteiger partial charge in [-0.25, -0.2) is 0 Å². The topological polar surface area (TPSA) is 45.2 Å². The van der Waals surface area contributed by atoms with Gasteiger partial charge in [-0.3, -0.25) is 9.78 Å². The number of pyridine rings is 1. The Balaban J connectivity index is 2.23. The standard InChI is InChI=1S/C16H18ClN3O/c1-11(13-5-4-8-18-10-13)19-15-9-12(6-7-14(15)17)16(21)20(2)3/h4-11,19H,1-3H3. The summed E-state index contributed by atoms with van der Waals surface area (Å²) in [5, 5.41) is 3.90. The van der Waals surface area contributed by atoms with E-state index in [2.05, 4.69) is 10.3 Å². The normalized spacial score (nSPS) is 11.8. The molecule has 0 aliphatic rings. The Labute approximate surface area is 129 Å². The Hall–Kier alpha value is -2.07. The van der Waals surface area contributed by atoms with Crippen LogP contribution in [0.15, 0.2) is 42.7 Å². The van der Waals surface area contributed by atoms with Crippen molar-refractivity contribution in [3.8, 4) is 0 Å². The highest BCUT2D eigenvalue weighted by atomic mass is 35.5. The third kappa shape index (κ3) is 3.73. The molecule has 4 nitrogen and oxygen atoms in total. The first-order valence-electron chi connectivity index (χ1n) is 6.66. The molecule has 5 heteroatoms. The third-order valence-electron chi connectivity index (χ3n) is 3.18. The number of amides is 1. The second-order valence-electron chi connectivity index (χ2n) is 5.05. The number of carbonyl (C=O) groups excluding carboxylic acids is 1. The zero-order valence-electron chi connectivity index (χ0n) is 12.3. The first-order chi connectivity index (χ1) is 9.99. The average Bonchev–Trinajstić information content (AvgIpc) is 2.49. The minimum absolute atomic E-state index is 0.0425. The molecule has 1 aromatic heterocycles. The summed E-state index contributed by atoms with van der Waals surface area (Å²) < 4.78 is 0. The molecule has 0 saturated heterocycles. The molecule has 0 saturated carbocycles. The lowest BCUT2D eigenvalue weighted by Gasteiger charge is -2.18. The van der Waals surface area contributed by atoms with E-state index < -0.39 is 0 Å². The van der Waals surface area contributed by atoms with Crippen LogP contribution in [0.25, 0.3) is 0 Å². The smallest absolute Gasteiger partial charge is 0.253 e. The highest BCUT2D eigenvalue weighted by molar-refractivity contribution is 6.33. The zero-order chi connectivity index (χ0) is 15.4. The summed E-state index contributed by atoms with van der Waals surface area (Å²) in [7, 11) is 3.45. The van der Waals surface area contributed by atoms with Crippen LogP contribution in [0.1, 0.15) is 28.9 Å². The molecule has 110 valence electrons. The average molecular weight is 304 g/mol. The molecule has 2 rings (SSSR count). The van der Waals surface area contributed by atoms with Crippen LogP contribution in [0.5, 0.6) is 0 Å². The highest BCUT2D eigenvalue weighted by Crippen LogP contribution is 2.27. The van der Waals surface area contributed by atoms with E-state index >= 15 is 0 Å². The zero-order valence-corrected chi connectivity index (χ0v) is 13.1. The monoisotopic (exact) mass is 303 g/mol. The predicted octanol–water partition coefficient (Wildman–Crippen LogP) is 3.61. The van der Waals surface area contributed by atoms with Crippen LogP contribution >= 0.6 is 11.6 Å². The number of nitrogens with one attached hydrogen (secondary N) is 1. The van der Waals surface area contributed by atoms with Gasteiger partial charge in [0, 0.05) is 32.1 Å². The summed E-state index contributed by atoms with van der Waals surface area (Å²) in [4.78, 5) is 17.7. The SMILES string of the molecule is CC(Nc1cc(C(=O)N(C)C)ccc1Cl)c1cccnc1. The summed E-state index contributed by atoms with van der Waals surface area (Å²) in [6, 6.07) is 9.16. The number of benzene rings is 1. The molecule has 1 amide bonds. The van der Waals surface area contributed by atoms with Gasteiger partial charge in [0.05, 0.1) is 16.8 Å². The minimum atomic E-state index is -0.0521. The van der Waals surface area contributed by atoms with E-state index in [0.29, 0.717) is 10.6 Å². The molecule has 0 aliphatic heterocycles. The highest BCUT2D eigenvalue weighted by Gasteiger charge is 2.12. The van der Waals surface area contributed by atoms with E-state index in [1.54, 1.807) is 44.7 Å². The fourth-order valence-corrected chi connectivity index (χ4v) is 2.15. The van der Waals surface area contributed by atoms with E-state index in [0.717, 1.165) is 11.3 Å². The Morgan fingerprint density at radius 3 is 2.71 bits per heavy atom.